The van der Waals surface area contributed by atoms with Crippen molar-refractivity contribution in [2.45, 2.75) is 34.1 Å². The summed E-state index contributed by atoms with van der Waals surface area (Å²) in [5, 5.41) is 0. The van der Waals surface area contributed by atoms with Gasteiger partial charge in [0, 0.05) is 0 Å². The molecule has 0 saturated carbocycles. The zero-order valence-corrected chi connectivity index (χ0v) is 8.69. The van der Waals surface area contributed by atoms with Crippen LogP contribution in [0.1, 0.15) is 34.1 Å². The van der Waals surface area contributed by atoms with Gasteiger partial charge in [0.1, 0.15) is 0 Å². The molecule has 0 radical (unpaired) electrons. The largest absolute Gasteiger partial charge is 0.433 e. The summed E-state index contributed by atoms with van der Waals surface area (Å²) in [5.74, 6) is -0.475. The molecule has 0 heterocycles. The van der Waals surface area contributed by atoms with Crippen LogP contribution >= 0.6 is 0 Å². The average Bonchev–Trinajstić information content (AvgIpc) is 2.06. The maximum atomic E-state index is 11.5. The normalized spacial score (nSPS) is 10.0. The molecular weight excluding hydrogens is 178 g/mol. The quantitative estimate of drug-likeness (QED) is 0.649. The summed E-state index contributed by atoms with van der Waals surface area (Å²) in [6.07, 6.45) is 0.659. The lowest BCUT2D eigenvalue weighted by Gasteiger charge is -2.18. The molecule has 0 aliphatic carbocycles. The molecule has 0 N–H and O–H groups in total. The Morgan fingerprint density at radius 3 is 1.92 bits per heavy atom. The number of hydrogen-bond donors (Lipinski definition) is 0. The maximum absolute atomic E-state index is 11.5. The standard InChI is InChI=1S/C7H13FO2.C2H5F/c1-4-7(2,3)6(9)10-5-8;1-2-3/h4-5H2,1-3H3;2H2,1H3. The third-order valence-electron chi connectivity index (χ3n) is 1.62. The van der Waals surface area contributed by atoms with Crippen molar-refractivity contribution in [2.75, 3.05) is 13.5 Å². The van der Waals surface area contributed by atoms with Gasteiger partial charge < -0.3 is 4.74 Å². The predicted molar refractivity (Wildman–Crippen MR) is 47.8 cm³/mol. The van der Waals surface area contributed by atoms with Crippen LogP contribution in [0.25, 0.3) is 0 Å². The van der Waals surface area contributed by atoms with E-state index in [2.05, 4.69) is 4.74 Å². The van der Waals surface area contributed by atoms with Crippen molar-refractivity contribution >= 4 is 5.97 Å². The summed E-state index contributed by atoms with van der Waals surface area (Å²) in [4.78, 5) is 10.8. The summed E-state index contributed by atoms with van der Waals surface area (Å²) >= 11 is 0. The molecule has 0 aromatic heterocycles. The van der Waals surface area contributed by atoms with Gasteiger partial charge in [-0.05, 0) is 27.2 Å². The van der Waals surface area contributed by atoms with Crippen LogP contribution < -0.4 is 0 Å². The number of hydrogen-bond acceptors (Lipinski definition) is 2. The average molecular weight is 196 g/mol. The monoisotopic (exact) mass is 196 g/mol. The van der Waals surface area contributed by atoms with Gasteiger partial charge >= 0.3 is 5.97 Å². The minimum Gasteiger partial charge on any atom is -0.433 e. The van der Waals surface area contributed by atoms with E-state index in [-0.39, 0.29) is 6.67 Å². The van der Waals surface area contributed by atoms with Gasteiger partial charge in [-0.25, -0.2) is 4.39 Å². The highest BCUT2D eigenvalue weighted by Crippen LogP contribution is 2.21. The van der Waals surface area contributed by atoms with Crippen LogP contribution in [-0.4, -0.2) is 19.5 Å². The lowest BCUT2D eigenvalue weighted by atomic mass is 9.91. The molecule has 0 aliphatic rings. The first-order valence-corrected chi connectivity index (χ1v) is 4.25. The minimum atomic E-state index is -1.03. The van der Waals surface area contributed by atoms with E-state index in [4.69, 9.17) is 0 Å². The summed E-state index contributed by atoms with van der Waals surface area (Å²) < 4.78 is 26.0. The molecule has 0 aromatic rings. The summed E-state index contributed by atoms with van der Waals surface area (Å²) in [6, 6.07) is 0. The second-order valence-electron chi connectivity index (χ2n) is 3.05. The van der Waals surface area contributed by atoms with Gasteiger partial charge in [-0.3, -0.25) is 9.18 Å². The third-order valence-corrected chi connectivity index (χ3v) is 1.62. The van der Waals surface area contributed by atoms with Gasteiger partial charge in [0.25, 0.3) is 0 Å². The van der Waals surface area contributed by atoms with Crippen molar-refractivity contribution < 1.29 is 18.3 Å². The minimum absolute atomic E-state index is 0.250. The zero-order chi connectivity index (χ0) is 10.9. The Hall–Kier alpha value is -0.670. The first-order valence-electron chi connectivity index (χ1n) is 4.25. The van der Waals surface area contributed by atoms with E-state index in [0.717, 1.165) is 0 Å². The lowest BCUT2D eigenvalue weighted by molar-refractivity contribution is -0.158. The fourth-order valence-electron chi connectivity index (χ4n) is 0.389. The van der Waals surface area contributed by atoms with Crippen LogP contribution in [0.2, 0.25) is 0 Å². The fourth-order valence-corrected chi connectivity index (χ4v) is 0.389. The van der Waals surface area contributed by atoms with E-state index in [0.29, 0.717) is 6.42 Å². The molecular formula is C9H18F2O2. The summed E-state index contributed by atoms with van der Waals surface area (Å²) in [5.41, 5.74) is -0.550. The van der Waals surface area contributed by atoms with Crippen LogP contribution in [-0.2, 0) is 9.53 Å². The maximum Gasteiger partial charge on any atom is 0.313 e. The second kappa shape index (κ2) is 7.95. The highest BCUT2D eigenvalue weighted by molar-refractivity contribution is 5.75. The number of ether oxygens (including phenoxy) is 1. The predicted octanol–water partition coefficient (Wildman–Crippen LogP) is 2.87. The van der Waals surface area contributed by atoms with Gasteiger partial charge in [0.2, 0.25) is 6.86 Å². The Morgan fingerprint density at radius 1 is 1.31 bits per heavy atom. The Morgan fingerprint density at radius 2 is 1.69 bits per heavy atom. The first kappa shape index (κ1) is 14.8. The smallest absolute Gasteiger partial charge is 0.313 e. The SMILES string of the molecule is CCC(C)(C)C(=O)OCF.CCF. The van der Waals surface area contributed by atoms with Gasteiger partial charge in [0.15, 0.2) is 0 Å². The number of carbonyl (C=O) groups excluding carboxylic acids is 1. The highest BCUT2D eigenvalue weighted by Gasteiger charge is 2.26. The molecule has 13 heavy (non-hydrogen) atoms. The molecule has 0 aromatic carbocycles. The molecule has 4 heteroatoms. The first-order chi connectivity index (χ1) is 5.96. The Labute approximate surface area is 78.3 Å². The van der Waals surface area contributed by atoms with Crippen molar-refractivity contribution in [2.24, 2.45) is 5.41 Å². The molecule has 2 nitrogen and oxygen atoms in total. The molecule has 0 saturated heterocycles. The van der Waals surface area contributed by atoms with E-state index < -0.39 is 18.2 Å². The zero-order valence-electron chi connectivity index (χ0n) is 8.69. The molecule has 0 bridgehead atoms. The van der Waals surface area contributed by atoms with Gasteiger partial charge in [0.05, 0.1) is 12.1 Å². The van der Waals surface area contributed by atoms with E-state index in [1.807, 2.05) is 6.92 Å². The van der Waals surface area contributed by atoms with Crippen LogP contribution in [0.4, 0.5) is 8.78 Å². The Bertz CT molecular complexity index is 136. The topological polar surface area (TPSA) is 26.3 Å². The van der Waals surface area contributed by atoms with Gasteiger partial charge in [-0.1, -0.05) is 6.92 Å². The number of halogens is 2. The van der Waals surface area contributed by atoms with E-state index >= 15 is 0 Å². The van der Waals surface area contributed by atoms with Crippen LogP contribution in [0, 0.1) is 5.41 Å². The van der Waals surface area contributed by atoms with Crippen LogP contribution in [0.5, 0.6) is 0 Å². The number of carbonyl (C=O) groups is 1. The van der Waals surface area contributed by atoms with Gasteiger partial charge in [-0.2, -0.15) is 0 Å². The van der Waals surface area contributed by atoms with Gasteiger partial charge in [-0.15, -0.1) is 0 Å². The van der Waals surface area contributed by atoms with Crippen molar-refractivity contribution in [3.05, 3.63) is 0 Å². The highest BCUT2D eigenvalue weighted by atomic mass is 19.1. The van der Waals surface area contributed by atoms with Crippen molar-refractivity contribution in [1.29, 1.82) is 0 Å². The Kier molecular flexibility index (Phi) is 9.07. The number of rotatable bonds is 3. The molecule has 0 fully saturated rings. The molecule has 0 spiro atoms. The molecule has 0 atom stereocenters. The Balaban J connectivity index is 0. The number of alkyl halides is 2. The van der Waals surface area contributed by atoms with Crippen molar-refractivity contribution in [3.8, 4) is 0 Å². The molecule has 0 rings (SSSR count). The van der Waals surface area contributed by atoms with Crippen molar-refractivity contribution in [1.82, 2.24) is 0 Å². The molecule has 80 valence electrons. The van der Waals surface area contributed by atoms with Crippen molar-refractivity contribution in [3.63, 3.8) is 0 Å². The second-order valence-corrected chi connectivity index (χ2v) is 3.05. The van der Waals surface area contributed by atoms with E-state index in [1.54, 1.807) is 13.8 Å². The lowest BCUT2D eigenvalue weighted by Crippen LogP contribution is -2.25. The third kappa shape index (κ3) is 7.68. The molecule has 0 amide bonds. The van der Waals surface area contributed by atoms with E-state index in [1.165, 1.54) is 6.92 Å². The number of esters is 1. The fraction of sp³-hybridized carbons (Fsp3) is 0.889. The van der Waals surface area contributed by atoms with Crippen LogP contribution in [0.15, 0.2) is 0 Å². The molecule has 0 unspecified atom stereocenters. The van der Waals surface area contributed by atoms with E-state index in [9.17, 15) is 13.6 Å². The summed E-state index contributed by atoms with van der Waals surface area (Å²) in [6.45, 7) is 5.50. The van der Waals surface area contributed by atoms with Crippen LogP contribution in [0.3, 0.4) is 0 Å². The molecule has 0 aliphatic heterocycles. The summed E-state index contributed by atoms with van der Waals surface area (Å²) in [7, 11) is 0.